The monoisotopic (exact) mass is 290 g/mol. The standard InChI is InChI=1S/C19H18N2O/c1-12-9-16-13(2)11-14(3)20-18(16)17(10-12)21-19(22)15-7-5-4-6-8-15/h4-11H,1-3H3,(H,21,22). The molecule has 0 radical (unpaired) electrons. The molecule has 2 aromatic carbocycles. The maximum absolute atomic E-state index is 12.4. The molecule has 110 valence electrons. The van der Waals surface area contributed by atoms with Crippen molar-refractivity contribution in [2.24, 2.45) is 0 Å². The van der Waals surface area contributed by atoms with Crippen LogP contribution in [0.5, 0.6) is 0 Å². The largest absolute Gasteiger partial charge is 0.320 e. The summed E-state index contributed by atoms with van der Waals surface area (Å²) < 4.78 is 0. The van der Waals surface area contributed by atoms with Crippen molar-refractivity contribution >= 4 is 22.5 Å². The second-order valence-corrected chi connectivity index (χ2v) is 5.61. The second kappa shape index (κ2) is 5.60. The molecule has 1 amide bonds. The van der Waals surface area contributed by atoms with E-state index in [0.717, 1.165) is 27.8 Å². The second-order valence-electron chi connectivity index (χ2n) is 5.61. The molecule has 0 saturated carbocycles. The lowest BCUT2D eigenvalue weighted by Crippen LogP contribution is -2.12. The zero-order chi connectivity index (χ0) is 15.7. The van der Waals surface area contributed by atoms with E-state index in [1.807, 2.05) is 38.1 Å². The Kier molecular flexibility index (Phi) is 3.63. The lowest BCUT2D eigenvalue weighted by atomic mass is 10.0. The minimum absolute atomic E-state index is 0.117. The number of amides is 1. The molecule has 0 bridgehead atoms. The third-order valence-corrected chi connectivity index (χ3v) is 3.68. The number of carbonyl (C=O) groups is 1. The highest BCUT2D eigenvalue weighted by atomic mass is 16.1. The van der Waals surface area contributed by atoms with Crippen LogP contribution in [0.15, 0.2) is 48.5 Å². The normalized spacial score (nSPS) is 10.7. The van der Waals surface area contributed by atoms with E-state index in [1.54, 1.807) is 12.1 Å². The number of aryl methyl sites for hydroxylation is 3. The first kappa shape index (κ1) is 14.3. The molecule has 1 N–H and O–H groups in total. The third-order valence-electron chi connectivity index (χ3n) is 3.68. The van der Waals surface area contributed by atoms with E-state index in [-0.39, 0.29) is 5.91 Å². The minimum Gasteiger partial charge on any atom is -0.320 e. The van der Waals surface area contributed by atoms with Crippen LogP contribution >= 0.6 is 0 Å². The van der Waals surface area contributed by atoms with Gasteiger partial charge in [0, 0.05) is 16.6 Å². The first-order valence-electron chi connectivity index (χ1n) is 7.29. The Bertz CT molecular complexity index is 854. The molecule has 0 aliphatic rings. The topological polar surface area (TPSA) is 42.0 Å². The number of fused-ring (bicyclic) bond motifs is 1. The Labute approximate surface area is 130 Å². The Morgan fingerprint density at radius 2 is 1.73 bits per heavy atom. The van der Waals surface area contributed by atoms with Gasteiger partial charge in [0.15, 0.2) is 0 Å². The van der Waals surface area contributed by atoms with Gasteiger partial charge in [-0.2, -0.15) is 0 Å². The van der Waals surface area contributed by atoms with Gasteiger partial charge in [-0.1, -0.05) is 18.2 Å². The van der Waals surface area contributed by atoms with Gasteiger partial charge >= 0.3 is 0 Å². The number of hydrogen-bond donors (Lipinski definition) is 1. The van der Waals surface area contributed by atoms with Crippen LogP contribution in [-0.4, -0.2) is 10.9 Å². The highest BCUT2D eigenvalue weighted by Gasteiger charge is 2.11. The Balaban J connectivity index is 2.09. The van der Waals surface area contributed by atoms with Crippen molar-refractivity contribution in [2.45, 2.75) is 20.8 Å². The van der Waals surface area contributed by atoms with Crippen LogP contribution in [0.1, 0.15) is 27.2 Å². The summed E-state index contributed by atoms with van der Waals surface area (Å²) in [5.41, 5.74) is 5.46. The van der Waals surface area contributed by atoms with Crippen LogP contribution in [-0.2, 0) is 0 Å². The summed E-state index contributed by atoms with van der Waals surface area (Å²) in [4.78, 5) is 17.0. The van der Waals surface area contributed by atoms with Gasteiger partial charge in [0.2, 0.25) is 0 Å². The molecule has 3 aromatic rings. The predicted molar refractivity (Wildman–Crippen MR) is 90.3 cm³/mol. The number of anilines is 1. The molecule has 0 spiro atoms. The number of rotatable bonds is 2. The first-order chi connectivity index (χ1) is 10.5. The van der Waals surface area contributed by atoms with Gasteiger partial charge in [0.05, 0.1) is 11.2 Å². The maximum Gasteiger partial charge on any atom is 0.255 e. The molecular weight excluding hydrogens is 272 g/mol. The number of pyridine rings is 1. The molecule has 3 nitrogen and oxygen atoms in total. The fourth-order valence-corrected chi connectivity index (χ4v) is 2.68. The van der Waals surface area contributed by atoms with Crippen LogP contribution in [0.3, 0.4) is 0 Å². The van der Waals surface area contributed by atoms with Crippen molar-refractivity contribution in [3.05, 3.63) is 70.9 Å². The fraction of sp³-hybridized carbons (Fsp3) is 0.158. The van der Waals surface area contributed by atoms with E-state index >= 15 is 0 Å². The van der Waals surface area contributed by atoms with E-state index in [4.69, 9.17) is 0 Å². The van der Waals surface area contributed by atoms with Crippen LogP contribution in [0, 0.1) is 20.8 Å². The maximum atomic E-state index is 12.4. The number of aromatic nitrogens is 1. The van der Waals surface area contributed by atoms with E-state index in [0.29, 0.717) is 5.56 Å². The Hall–Kier alpha value is -2.68. The van der Waals surface area contributed by atoms with Gasteiger partial charge in [-0.05, 0) is 62.2 Å². The van der Waals surface area contributed by atoms with Crippen molar-refractivity contribution in [1.29, 1.82) is 0 Å². The lowest BCUT2D eigenvalue weighted by Gasteiger charge is -2.12. The van der Waals surface area contributed by atoms with Gasteiger partial charge in [-0.25, -0.2) is 0 Å². The summed E-state index contributed by atoms with van der Waals surface area (Å²) in [6.45, 7) is 6.06. The zero-order valence-electron chi connectivity index (χ0n) is 13.0. The van der Waals surface area contributed by atoms with E-state index < -0.39 is 0 Å². The number of hydrogen-bond acceptors (Lipinski definition) is 2. The van der Waals surface area contributed by atoms with Crippen molar-refractivity contribution in [2.75, 3.05) is 5.32 Å². The summed E-state index contributed by atoms with van der Waals surface area (Å²) in [5, 5.41) is 4.07. The van der Waals surface area contributed by atoms with E-state index in [9.17, 15) is 4.79 Å². The van der Waals surface area contributed by atoms with Gasteiger partial charge < -0.3 is 5.32 Å². The van der Waals surface area contributed by atoms with Gasteiger partial charge in [-0.3, -0.25) is 9.78 Å². The van der Waals surface area contributed by atoms with Crippen LogP contribution in [0.2, 0.25) is 0 Å². The van der Waals surface area contributed by atoms with Crippen molar-refractivity contribution in [1.82, 2.24) is 4.98 Å². The average Bonchev–Trinajstić information content (AvgIpc) is 2.49. The molecule has 0 aliphatic carbocycles. The molecule has 1 aromatic heterocycles. The summed E-state index contributed by atoms with van der Waals surface area (Å²) in [7, 11) is 0. The van der Waals surface area contributed by atoms with Crippen LogP contribution < -0.4 is 5.32 Å². The summed E-state index contributed by atoms with van der Waals surface area (Å²) in [6, 6.07) is 15.3. The molecule has 22 heavy (non-hydrogen) atoms. The average molecular weight is 290 g/mol. The third kappa shape index (κ3) is 2.70. The van der Waals surface area contributed by atoms with Gasteiger partial charge in [0.1, 0.15) is 0 Å². The molecule has 3 rings (SSSR count). The molecule has 0 saturated heterocycles. The Morgan fingerprint density at radius 3 is 2.45 bits per heavy atom. The van der Waals surface area contributed by atoms with E-state index in [2.05, 4.69) is 29.4 Å². The SMILES string of the molecule is Cc1cc(NC(=O)c2ccccc2)c2nc(C)cc(C)c2c1. The van der Waals surface area contributed by atoms with E-state index in [1.165, 1.54) is 5.56 Å². The molecule has 0 unspecified atom stereocenters. The highest BCUT2D eigenvalue weighted by Crippen LogP contribution is 2.27. The number of carbonyl (C=O) groups excluding carboxylic acids is 1. The minimum atomic E-state index is -0.117. The quantitative estimate of drug-likeness (QED) is 0.759. The predicted octanol–water partition coefficient (Wildman–Crippen LogP) is 4.41. The molecule has 3 heteroatoms. The Morgan fingerprint density at radius 1 is 1.00 bits per heavy atom. The lowest BCUT2D eigenvalue weighted by molar-refractivity contribution is 0.102. The highest BCUT2D eigenvalue weighted by molar-refractivity contribution is 6.08. The first-order valence-corrected chi connectivity index (χ1v) is 7.29. The molecule has 0 atom stereocenters. The number of nitrogens with zero attached hydrogens (tertiary/aromatic N) is 1. The summed E-state index contributed by atoms with van der Waals surface area (Å²) in [5.74, 6) is -0.117. The van der Waals surface area contributed by atoms with Crippen molar-refractivity contribution in [3.8, 4) is 0 Å². The van der Waals surface area contributed by atoms with Crippen molar-refractivity contribution in [3.63, 3.8) is 0 Å². The molecule has 1 heterocycles. The molecular formula is C19H18N2O. The van der Waals surface area contributed by atoms with Crippen LogP contribution in [0.25, 0.3) is 10.9 Å². The van der Waals surface area contributed by atoms with Crippen molar-refractivity contribution < 1.29 is 4.79 Å². The zero-order valence-corrected chi connectivity index (χ0v) is 13.0. The molecule has 0 aliphatic heterocycles. The number of nitrogens with one attached hydrogen (secondary N) is 1. The van der Waals surface area contributed by atoms with Gasteiger partial charge in [-0.15, -0.1) is 0 Å². The number of benzene rings is 2. The van der Waals surface area contributed by atoms with Gasteiger partial charge in [0.25, 0.3) is 5.91 Å². The van der Waals surface area contributed by atoms with Crippen LogP contribution in [0.4, 0.5) is 5.69 Å². The fourth-order valence-electron chi connectivity index (χ4n) is 2.68. The molecule has 0 fully saturated rings. The summed E-state index contributed by atoms with van der Waals surface area (Å²) in [6.07, 6.45) is 0. The summed E-state index contributed by atoms with van der Waals surface area (Å²) >= 11 is 0. The smallest absolute Gasteiger partial charge is 0.255 e.